The smallest absolute Gasteiger partial charge is 0.286 e. The number of thiophene rings is 1. The molecule has 1 heterocycles. The summed E-state index contributed by atoms with van der Waals surface area (Å²) in [6.07, 6.45) is 0. The maximum Gasteiger partial charge on any atom is 0.307 e. The number of rotatable bonds is 2. The highest BCUT2D eigenvalue weighted by Gasteiger charge is 2.35. The summed E-state index contributed by atoms with van der Waals surface area (Å²) in [6.45, 7) is 0.561. The van der Waals surface area contributed by atoms with Crippen molar-refractivity contribution in [1.29, 1.82) is 0 Å². The van der Waals surface area contributed by atoms with Gasteiger partial charge in [0.05, 0.1) is 9.90 Å². The van der Waals surface area contributed by atoms with Gasteiger partial charge in [-0.2, -0.15) is 8.78 Å². The molecule has 0 spiro atoms. The Morgan fingerprint density at radius 2 is 2.25 bits per heavy atom. The molecule has 0 saturated carbocycles. The normalized spacial score (nSPS) is 11.7. The average Bonchev–Trinajstić information content (AvgIpc) is 2.31. The third-order valence-corrected chi connectivity index (χ3v) is 2.56. The first-order valence-electron chi connectivity index (χ1n) is 3.08. The van der Waals surface area contributed by atoms with Crippen molar-refractivity contribution in [3.8, 4) is 0 Å². The molecule has 0 aromatic carbocycles. The lowest BCUT2D eigenvalue weighted by molar-refractivity contribution is 0.0226. The maximum atomic E-state index is 12.5. The number of hydrogen-bond acceptors (Lipinski definition) is 2. The Bertz CT molecular complexity index is 303. The molecule has 0 aliphatic carbocycles. The van der Waals surface area contributed by atoms with E-state index in [1.54, 1.807) is 0 Å². The van der Waals surface area contributed by atoms with Gasteiger partial charge in [0.25, 0.3) is 0 Å². The van der Waals surface area contributed by atoms with Gasteiger partial charge in [-0.3, -0.25) is 4.79 Å². The first-order valence-corrected chi connectivity index (χ1v) is 4.34. The van der Waals surface area contributed by atoms with Crippen molar-refractivity contribution >= 4 is 28.7 Å². The van der Waals surface area contributed by atoms with Gasteiger partial charge >= 0.3 is 5.92 Å². The van der Waals surface area contributed by atoms with Gasteiger partial charge in [0.2, 0.25) is 5.78 Å². The molecular formula is C7H5ClF2OS. The Balaban J connectivity index is 3.01. The van der Waals surface area contributed by atoms with Crippen LogP contribution >= 0.6 is 22.9 Å². The lowest BCUT2D eigenvalue weighted by Gasteiger charge is -2.06. The van der Waals surface area contributed by atoms with Crippen molar-refractivity contribution in [3.05, 3.63) is 21.3 Å². The summed E-state index contributed by atoms with van der Waals surface area (Å²) in [7, 11) is 0. The van der Waals surface area contributed by atoms with Crippen LogP contribution in [0.2, 0.25) is 5.02 Å². The van der Waals surface area contributed by atoms with E-state index in [1.807, 2.05) is 0 Å². The molecule has 0 aliphatic heterocycles. The molecule has 12 heavy (non-hydrogen) atoms. The van der Waals surface area contributed by atoms with Crippen LogP contribution in [-0.4, -0.2) is 11.7 Å². The van der Waals surface area contributed by atoms with E-state index >= 15 is 0 Å². The lowest BCUT2D eigenvalue weighted by Crippen LogP contribution is -2.23. The van der Waals surface area contributed by atoms with E-state index < -0.39 is 11.7 Å². The molecule has 0 unspecified atom stereocenters. The molecule has 1 aromatic rings. The SMILES string of the molecule is CC(F)(F)C(=O)c1sccc1Cl. The zero-order valence-corrected chi connectivity index (χ0v) is 7.68. The standard InChI is InChI=1S/C7H5ClF2OS/c1-7(9,10)6(11)5-4(8)2-3-12-5/h2-3H,1H3. The molecule has 0 N–H and O–H groups in total. The summed E-state index contributed by atoms with van der Waals surface area (Å²) in [6, 6.07) is 1.42. The highest BCUT2D eigenvalue weighted by molar-refractivity contribution is 7.12. The zero-order chi connectivity index (χ0) is 9.35. The molecule has 0 aliphatic rings. The molecule has 0 saturated heterocycles. The molecule has 0 fully saturated rings. The maximum absolute atomic E-state index is 12.5. The van der Waals surface area contributed by atoms with Crippen LogP contribution in [0.1, 0.15) is 16.6 Å². The van der Waals surface area contributed by atoms with E-state index in [9.17, 15) is 13.6 Å². The molecule has 0 radical (unpaired) electrons. The van der Waals surface area contributed by atoms with Crippen LogP contribution in [0.4, 0.5) is 8.78 Å². The van der Waals surface area contributed by atoms with Gasteiger partial charge < -0.3 is 0 Å². The van der Waals surface area contributed by atoms with Crippen LogP contribution in [0, 0.1) is 0 Å². The predicted molar refractivity (Wildman–Crippen MR) is 44.3 cm³/mol. The summed E-state index contributed by atoms with van der Waals surface area (Å²) in [5.74, 6) is -4.56. The second kappa shape index (κ2) is 3.11. The predicted octanol–water partition coefficient (Wildman–Crippen LogP) is 3.24. The van der Waals surface area contributed by atoms with Crippen LogP contribution in [0.15, 0.2) is 11.4 Å². The monoisotopic (exact) mass is 210 g/mol. The van der Waals surface area contributed by atoms with Gasteiger partial charge in [0.1, 0.15) is 0 Å². The van der Waals surface area contributed by atoms with Crippen molar-refractivity contribution in [3.63, 3.8) is 0 Å². The summed E-state index contributed by atoms with van der Waals surface area (Å²) in [4.78, 5) is 10.8. The molecule has 1 nitrogen and oxygen atoms in total. The quantitative estimate of drug-likeness (QED) is 0.685. The molecule has 66 valence electrons. The van der Waals surface area contributed by atoms with Crippen LogP contribution < -0.4 is 0 Å². The number of carbonyl (C=O) groups excluding carboxylic acids is 1. The molecule has 0 bridgehead atoms. The topological polar surface area (TPSA) is 17.1 Å². The number of alkyl halides is 2. The summed E-state index contributed by atoms with van der Waals surface area (Å²) < 4.78 is 24.9. The second-order valence-electron chi connectivity index (χ2n) is 2.32. The number of Topliss-reactive ketones (excluding diaryl/α,β-unsaturated/α-hetero) is 1. The van der Waals surface area contributed by atoms with Crippen LogP contribution in [0.3, 0.4) is 0 Å². The molecule has 5 heteroatoms. The summed E-state index contributed by atoms with van der Waals surface area (Å²) >= 11 is 6.42. The Hall–Kier alpha value is -0.480. The van der Waals surface area contributed by atoms with Gasteiger partial charge in [-0.15, -0.1) is 11.3 Å². The van der Waals surface area contributed by atoms with Crippen LogP contribution in [0.5, 0.6) is 0 Å². The van der Waals surface area contributed by atoms with Crippen molar-refractivity contribution < 1.29 is 13.6 Å². The first-order chi connectivity index (χ1) is 5.43. The third-order valence-electron chi connectivity index (χ3n) is 1.22. The third kappa shape index (κ3) is 1.81. The fraction of sp³-hybridized carbons (Fsp3) is 0.286. The Morgan fingerprint density at radius 1 is 1.67 bits per heavy atom. The van der Waals surface area contributed by atoms with Crippen molar-refractivity contribution in [2.24, 2.45) is 0 Å². The second-order valence-corrected chi connectivity index (χ2v) is 3.64. The average molecular weight is 211 g/mol. The number of carbonyl (C=O) groups is 1. The molecule has 0 atom stereocenters. The fourth-order valence-electron chi connectivity index (χ4n) is 0.655. The van der Waals surface area contributed by atoms with Crippen molar-refractivity contribution in [2.75, 3.05) is 0 Å². The fourth-order valence-corrected chi connectivity index (χ4v) is 1.82. The highest BCUT2D eigenvalue weighted by atomic mass is 35.5. The molecule has 1 aromatic heterocycles. The molecule has 1 rings (SSSR count). The van der Waals surface area contributed by atoms with E-state index in [2.05, 4.69) is 0 Å². The van der Waals surface area contributed by atoms with Gasteiger partial charge in [0, 0.05) is 6.92 Å². The van der Waals surface area contributed by atoms with Gasteiger partial charge in [-0.05, 0) is 11.4 Å². The van der Waals surface area contributed by atoms with E-state index in [4.69, 9.17) is 11.6 Å². The van der Waals surface area contributed by atoms with Crippen molar-refractivity contribution in [1.82, 2.24) is 0 Å². The highest BCUT2D eigenvalue weighted by Crippen LogP contribution is 2.28. The van der Waals surface area contributed by atoms with Gasteiger partial charge in [-0.1, -0.05) is 11.6 Å². The van der Waals surface area contributed by atoms with Gasteiger partial charge in [-0.25, -0.2) is 0 Å². The van der Waals surface area contributed by atoms with E-state index in [0.29, 0.717) is 6.92 Å². The Kier molecular flexibility index (Phi) is 2.49. The molecule has 0 amide bonds. The first kappa shape index (κ1) is 9.61. The van der Waals surface area contributed by atoms with Crippen LogP contribution in [0.25, 0.3) is 0 Å². The number of halogens is 3. The zero-order valence-electron chi connectivity index (χ0n) is 6.11. The summed E-state index contributed by atoms with van der Waals surface area (Å²) in [5.41, 5.74) is 0. The number of ketones is 1. The van der Waals surface area contributed by atoms with Crippen LogP contribution in [-0.2, 0) is 0 Å². The van der Waals surface area contributed by atoms with E-state index in [-0.39, 0.29) is 9.90 Å². The Labute approximate surface area is 77.0 Å². The van der Waals surface area contributed by atoms with Gasteiger partial charge in [0.15, 0.2) is 0 Å². The Morgan fingerprint density at radius 3 is 2.58 bits per heavy atom. The van der Waals surface area contributed by atoms with Crippen molar-refractivity contribution in [2.45, 2.75) is 12.8 Å². The van der Waals surface area contributed by atoms with E-state index in [1.165, 1.54) is 11.4 Å². The minimum absolute atomic E-state index is 0.0795. The largest absolute Gasteiger partial charge is 0.307 e. The minimum Gasteiger partial charge on any atom is -0.286 e. The lowest BCUT2D eigenvalue weighted by atomic mass is 10.2. The number of hydrogen-bond donors (Lipinski definition) is 0. The molecular weight excluding hydrogens is 206 g/mol. The minimum atomic E-state index is -3.34. The van der Waals surface area contributed by atoms with E-state index in [0.717, 1.165) is 11.3 Å². The summed E-state index contributed by atoms with van der Waals surface area (Å²) in [5, 5.41) is 1.59.